The number of aliphatic hydroxyl groups is 1. The lowest BCUT2D eigenvalue weighted by Crippen LogP contribution is -2.52. The Hall–Kier alpha value is -0.660. The second-order valence-corrected chi connectivity index (χ2v) is 9.29. The number of piperidine rings is 2. The maximum atomic E-state index is 12.7. The number of nitrogens with zero attached hydrogens (tertiary/aromatic N) is 2. The summed E-state index contributed by atoms with van der Waals surface area (Å²) in [6.45, 7) is 3.44. The Morgan fingerprint density at radius 2 is 1.58 bits per heavy atom. The van der Waals surface area contributed by atoms with Crippen LogP contribution in [0.15, 0.2) is 29.2 Å². The lowest BCUT2D eigenvalue weighted by Gasteiger charge is -2.41. The Kier molecular flexibility index (Phi) is 5.52. The third-order valence-corrected chi connectivity index (χ3v) is 7.24. The number of halogens is 1. The number of β-amino-alcohol motifs (C(OH)–C–C–N with tert-alkyl or cyclic N) is 1. The number of hydrogen-bond donors (Lipinski definition) is 1. The van der Waals surface area contributed by atoms with Crippen LogP contribution in [0.4, 0.5) is 0 Å². The van der Waals surface area contributed by atoms with Gasteiger partial charge in [-0.1, -0.05) is 18.0 Å². The lowest BCUT2D eigenvalue weighted by atomic mass is 9.91. The summed E-state index contributed by atoms with van der Waals surface area (Å²) >= 11 is 5.83. The third kappa shape index (κ3) is 4.11. The molecule has 1 N–H and O–H groups in total. The number of likely N-dealkylation sites (tertiary alicyclic amines) is 1. The molecule has 5 nitrogen and oxygen atoms in total. The molecule has 0 aliphatic carbocycles. The minimum absolute atomic E-state index is 0.258. The van der Waals surface area contributed by atoms with Gasteiger partial charge in [-0.3, -0.25) is 0 Å². The highest BCUT2D eigenvalue weighted by molar-refractivity contribution is 7.89. The van der Waals surface area contributed by atoms with Crippen LogP contribution in [-0.4, -0.2) is 61.1 Å². The smallest absolute Gasteiger partial charge is 0.243 e. The van der Waals surface area contributed by atoms with E-state index in [0.717, 1.165) is 13.1 Å². The molecule has 2 aliphatic rings. The molecule has 2 heterocycles. The molecule has 0 bridgehead atoms. The molecule has 3 rings (SSSR count). The summed E-state index contributed by atoms with van der Waals surface area (Å²) < 4.78 is 26.9. The normalized spacial score (nSPS) is 23.2. The van der Waals surface area contributed by atoms with Crippen molar-refractivity contribution in [2.75, 3.05) is 32.7 Å². The topological polar surface area (TPSA) is 60.9 Å². The first-order valence-electron chi connectivity index (χ1n) is 8.60. The summed E-state index contributed by atoms with van der Waals surface area (Å²) in [4.78, 5) is 2.57. The van der Waals surface area contributed by atoms with E-state index in [1.807, 2.05) is 0 Å². The van der Waals surface area contributed by atoms with Gasteiger partial charge < -0.3 is 10.0 Å². The van der Waals surface area contributed by atoms with Crippen molar-refractivity contribution < 1.29 is 13.5 Å². The van der Waals surface area contributed by atoms with Crippen molar-refractivity contribution in [2.24, 2.45) is 0 Å². The van der Waals surface area contributed by atoms with Gasteiger partial charge in [-0.15, -0.1) is 0 Å². The lowest BCUT2D eigenvalue weighted by molar-refractivity contribution is -0.0360. The Morgan fingerprint density at radius 1 is 1.00 bits per heavy atom. The van der Waals surface area contributed by atoms with Gasteiger partial charge in [0.15, 0.2) is 0 Å². The highest BCUT2D eigenvalue weighted by Gasteiger charge is 2.38. The van der Waals surface area contributed by atoms with E-state index in [9.17, 15) is 13.5 Å². The van der Waals surface area contributed by atoms with Gasteiger partial charge in [-0.2, -0.15) is 4.31 Å². The van der Waals surface area contributed by atoms with Crippen LogP contribution in [-0.2, 0) is 10.0 Å². The third-order valence-electron chi connectivity index (χ3n) is 5.07. The summed E-state index contributed by atoms with van der Waals surface area (Å²) in [7, 11) is -3.51. The maximum absolute atomic E-state index is 12.7. The molecule has 24 heavy (non-hydrogen) atoms. The number of benzene rings is 1. The van der Waals surface area contributed by atoms with E-state index < -0.39 is 15.6 Å². The van der Waals surface area contributed by atoms with Gasteiger partial charge in [0, 0.05) is 24.7 Å². The van der Waals surface area contributed by atoms with E-state index in [1.165, 1.54) is 35.7 Å². The van der Waals surface area contributed by atoms with Crippen LogP contribution in [0, 0.1) is 0 Å². The summed E-state index contributed by atoms with van der Waals surface area (Å²) in [6, 6.07) is 6.24. The first-order chi connectivity index (χ1) is 11.4. The first-order valence-corrected chi connectivity index (χ1v) is 10.4. The van der Waals surface area contributed by atoms with E-state index in [2.05, 4.69) is 4.90 Å². The number of rotatable bonds is 4. The van der Waals surface area contributed by atoms with Crippen molar-refractivity contribution in [3.8, 4) is 0 Å². The number of sulfonamides is 1. The molecule has 0 spiro atoms. The van der Waals surface area contributed by atoms with Crippen LogP contribution >= 0.6 is 11.6 Å². The fraction of sp³-hybridized carbons (Fsp3) is 0.647. The Balaban J connectivity index is 1.62. The largest absolute Gasteiger partial charge is 0.388 e. The molecule has 2 saturated heterocycles. The van der Waals surface area contributed by atoms with Crippen LogP contribution in [0.1, 0.15) is 32.1 Å². The van der Waals surface area contributed by atoms with Gasteiger partial charge in [-0.25, -0.2) is 8.42 Å². The molecule has 0 atom stereocenters. The minimum Gasteiger partial charge on any atom is -0.388 e. The molecule has 0 saturated carbocycles. The summed E-state index contributed by atoms with van der Waals surface area (Å²) in [5, 5.41) is 11.4. The summed E-state index contributed by atoms with van der Waals surface area (Å²) in [5.41, 5.74) is -0.774. The SMILES string of the molecule is O=S(=O)(c1ccc(Cl)cc1)N1CCC(O)(CN2CCCCC2)CC1. The average Bonchev–Trinajstić information content (AvgIpc) is 2.56. The van der Waals surface area contributed by atoms with E-state index in [0.29, 0.717) is 37.5 Å². The Labute approximate surface area is 149 Å². The van der Waals surface area contributed by atoms with Crippen molar-refractivity contribution in [3.63, 3.8) is 0 Å². The molecule has 7 heteroatoms. The van der Waals surface area contributed by atoms with Gasteiger partial charge in [0.2, 0.25) is 10.0 Å². The monoisotopic (exact) mass is 372 g/mol. The van der Waals surface area contributed by atoms with E-state index in [1.54, 1.807) is 12.1 Å². The fourth-order valence-corrected chi connectivity index (χ4v) is 5.16. The molecule has 2 fully saturated rings. The standard InChI is InChI=1S/C17H25ClN2O3S/c18-15-4-6-16(7-5-15)24(22,23)20-12-8-17(21,9-13-20)14-19-10-2-1-3-11-19/h4-7,21H,1-3,8-14H2. The second kappa shape index (κ2) is 7.30. The van der Waals surface area contributed by atoms with Crippen LogP contribution in [0.2, 0.25) is 5.02 Å². The summed E-state index contributed by atoms with van der Waals surface area (Å²) in [6.07, 6.45) is 4.61. The van der Waals surface area contributed by atoms with Gasteiger partial charge in [0.05, 0.1) is 10.5 Å². The second-order valence-electron chi connectivity index (χ2n) is 6.92. The molecule has 0 radical (unpaired) electrons. The molecule has 1 aromatic carbocycles. The van der Waals surface area contributed by atoms with Crippen LogP contribution < -0.4 is 0 Å². The van der Waals surface area contributed by atoms with Crippen LogP contribution in [0.25, 0.3) is 0 Å². The molecule has 134 valence electrons. The van der Waals surface area contributed by atoms with Crippen molar-refractivity contribution in [2.45, 2.75) is 42.6 Å². The van der Waals surface area contributed by atoms with Gasteiger partial charge in [0.1, 0.15) is 0 Å². The van der Waals surface area contributed by atoms with Crippen molar-refractivity contribution in [1.82, 2.24) is 9.21 Å². The van der Waals surface area contributed by atoms with Crippen molar-refractivity contribution in [1.29, 1.82) is 0 Å². The van der Waals surface area contributed by atoms with Crippen LogP contribution in [0.3, 0.4) is 0 Å². The molecule has 2 aliphatic heterocycles. The summed E-state index contributed by atoms with van der Waals surface area (Å²) in [5.74, 6) is 0. The quantitative estimate of drug-likeness (QED) is 0.881. The highest BCUT2D eigenvalue weighted by atomic mass is 35.5. The predicted molar refractivity (Wildman–Crippen MR) is 94.7 cm³/mol. The highest BCUT2D eigenvalue weighted by Crippen LogP contribution is 2.28. The van der Waals surface area contributed by atoms with Gasteiger partial charge in [-0.05, 0) is 63.0 Å². The average molecular weight is 373 g/mol. The fourth-order valence-electron chi connectivity index (χ4n) is 3.59. The van der Waals surface area contributed by atoms with Gasteiger partial charge in [0.25, 0.3) is 0 Å². The van der Waals surface area contributed by atoms with Crippen molar-refractivity contribution in [3.05, 3.63) is 29.3 Å². The predicted octanol–water partition coefficient (Wildman–Crippen LogP) is 2.34. The molecule has 0 amide bonds. The van der Waals surface area contributed by atoms with Crippen molar-refractivity contribution >= 4 is 21.6 Å². The van der Waals surface area contributed by atoms with Gasteiger partial charge >= 0.3 is 0 Å². The van der Waals surface area contributed by atoms with E-state index in [-0.39, 0.29) is 4.90 Å². The molecule has 0 aromatic heterocycles. The van der Waals surface area contributed by atoms with E-state index in [4.69, 9.17) is 11.6 Å². The zero-order valence-electron chi connectivity index (χ0n) is 13.8. The van der Waals surface area contributed by atoms with Crippen LogP contribution in [0.5, 0.6) is 0 Å². The molecule has 1 aromatic rings. The molecular weight excluding hydrogens is 348 g/mol. The Bertz CT molecular complexity index is 649. The first kappa shape index (κ1) is 18.1. The van der Waals surface area contributed by atoms with E-state index >= 15 is 0 Å². The maximum Gasteiger partial charge on any atom is 0.243 e. The zero-order valence-corrected chi connectivity index (χ0v) is 15.4. The zero-order chi connectivity index (χ0) is 17.2. The Morgan fingerprint density at radius 3 is 2.17 bits per heavy atom. The molecular formula is C17H25ClN2O3S. The minimum atomic E-state index is -3.51. The molecule has 0 unspecified atom stereocenters. The number of hydrogen-bond acceptors (Lipinski definition) is 4.